The highest BCUT2D eigenvalue weighted by Gasteiger charge is 2.10. The molecule has 0 aliphatic heterocycles. The maximum Gasteiger partial charge on any atom is 0.251 e. The number of ether oxygens (including phenoxy) is 2. The number of aromatic nitrogens is 1. The second kappa shape index (κ2) is 9.78. The number of rotatable bonds is 8. The second-order valence-electron chi connectivity index (χ2n) is 6.74. The SMILES string of the molecule is COc1ccc(OC)c(Nc2cc(C(=O)NCCC3=CCCCC3)ccn2)c1. The topological polar surface area (TPSA) is 72.5 Å². The first-order chi connectivity index (χ1) is 13.7. The number of allylic oxidation sites excluding steroid dienone is 1. The van der Waals surface area contributed by atoms with Crippen LogP contribution >= 0.6 is 0 Å². The quantitative estimate of drug-likeness (QED) is 0.661. The third kappa shape index (κ3) is 5.25. The van der Waals surface area contributed by atoms with Crippen LogP contribution in [0.3, 0.4) is 0 Å². The van der Waals surface area contributed by atoms with Crippen molar-refractivity contribution in [3.8, 4) is 11.5 Å². The molecule has 0 saturated heterocycles. The van der Waals surface area contributed by atoms with Gasteiger partial charge in [-0.25, -0.2) is 4.98 Å². The Bertz CT molecular complexity index is 849. The third-order valence-corrected chi connectivity index (χ3v) is 4.81. The molecule has 0 bridgehead atoms. The number of nitrogens with one attached hydrogen (secondary N) is 2. The lowest BCUT2D eigenvalue weighted by Crippen LogP contribution is -2.25. The van der Waals surface area contributed by atoms with Crippen LogP contribution in [0.2, 0.25) is 0 Å². The summed E-state index contributed by atoms with van der Waals surface area (Å²) in [6.45, 7) is 0.652. The molecule has 0 atom stereocenters. The summed E-state index contributed by atoms with van der Waals surface area (Å²) >= 11 is 0. The Hall–Kier alpha value is -3.02. The first kappa shape index (κ1) is 19.7. The smallest absolute Gasteiger partial charge is 0.251 e. The molecule has 0 fully saturated rings. The first-order valence-electron chi connectivity index (χ1n) is 9.61. The van der Waals surface area contributed by atoms with Crippen LogP contribution in [-0.4, -0.2) is 31.7 Å². The number of carbonyl (C=O) groups is 1. The molecule has 0 saturated carbocycles. The van der Waals surface area contributed by atoms with E-state index >= 15 is 0 Å². The van der Waals surface area contributed by atoms with Gasteiger partial charge in [0.25, 0.3) is 5.91 Å². The number of methoxy groups -OCH3 is 2. The normalized spacial score (nSPS) is 13.4. The van der Waals surface area contributed by atoms with E-state index < -0.39 is 0 Å². The highest BCUT2D eigenvalue weighted by Crippen LogP contribution is 2.31. The zero-order valence-corrected chi connectivity index (χ0v) is 16.5. The molecule has 2 aromatic rings. The average Bonchev–Trinajstić information content (AvgIpc) is 2.74. The Labute approximate surface area is 166 Å². The lowest BCUT2D eigenvalue weighted by molar-refractivity contribution is 0.0954. The summed E-state index contributed by atoms with van der Waals surface area (Å²) in [7, 11) is 3.21. The summed E-state index contributed by atoms with van der Waals surface area (Å²) in [6.07, 6.45) is 9.70. The fourth-order valence-electron chi connectivity index (χ4n) is 3.26. The van der Waals surface area contributed by atoms with Crippen molar-refractivity contribution in [2.24, 2.45) is 0 Å². The number of pyridine rings is 1. The van der Waals surface area contributed by atoms with Gasteiger partial charge in [-0.3, -0.25) is 4.79 Å². The number of benzene rings is 1. The van der Waals surface area contributed by atoms with Crippen LogP contribution in [0.25, 0.3) is 0 Å². The van der Waals surface area contributed by atoms with Gasteiger partial charge < -0.3 is 20.1 Å². The molecule has 148 valence electrons. The van der Waals surface area contributed by atoms with Crippen LogP contribution in [0.5, 0.6) is 11.5 Å². The summed E-state index contributed by atoms with van der Waals surface area (Å²) < 4.78 is 10.6. The molecular formula is C22H27N3O3. The van der Waals surface area contributed by atoms with Crippen LogP contribution in [0, 0.1) is 0 Å². The minimum atomic E-state index is -0.0977. The molecule has 0 radical (unpaired) electrons. The molecule has 0 unspecified atom stereocenters. The van der Waals surface area contributed by atoms with E-state index in [4.69, 9.17) is 9.47 Å². The van der Waals surface area contributed by atoms with E-state index in [0.717, 1.165) is 24.9 Å². The lowest BCUT2D eigenvalue weighted by Gasteiger charge is -2.14. The predicted octanol–water partition coefficient (Wildman–Crippen LogP) is 4.46. The lowest BCUT2D eigenvalue weighted by atomic mass is 9.97. The molecule has 1 heterocycles. The van der Waals surface area contributed by atoms with E-state index in [9.17, 15) is 4.79 Å². The van der Waals surface area contributed by atoms with Gasteiger partial charge >= 0.3 is 0 Å². The summed E-state index contributed by atoms with van der Waals surface area (Å²) in [4.78, 5) is 16.8. The van der Waals surface area contributed by atoms with Gasteiger partial charge in [0.15, 0.2) is 0 Å². The molecule has 6 heteroatoms. The summed E-state index contributed by atoms with van der Waals surface area (Å²) in [5.74, 6) is 1.83. The zero-order valence-electron chi connectivity index (χ0n) is 16.5. The van der Waals surface area contributed by atoms with Crippen molar-refractivity contribution >= 4 is 17.4 Å². The number of carbonyl (C=O) groups excluding carboxylic acids is 1. The van der Waals surface area contributed by atoms with Crippen molar-refractivity contribution in [3.63, 3.8) is 0 Å². The summed E-state index contributed by atoms with van der Waals surface area (Å²) in [6, 6.07) is 8.91. The molecule has 1 amide bonds. The molecular weight excluding hydrogens is 354 g/mol. The zero-order chi connectivity index (χ0) is 19.8. The van der Waals surface area contributed by atoms with Gasteiger partial charge in [-0.05, 0) is 56.4 Å². The highest BCUT2D eigenvalue weighted by atomic mass is 16.5. The van der Waals surface area contributed by atoms with E-state index in [0.29, 0.717) is 29.4 Å². The predicted molar refractivity (Wildman–Crippen MR) is 111 cm³/mol. The van der Waals surface area contributed by atoms with Crippen LogP contribution < -0.4 is 20.1 Å². The van der Waals surface area contributed by atoms with Gasteiger partial charge in [0.2, 0.25) is 0 Å². The van der Waals surface area contributed by atoms with Crippen LogP contribution in [0.4, 0.5) is 11.5 Å². The molecule has 28 heavy (non-hydrogen) atoms. The van der Waals surface area contributed by atoms with Crippen LogP contribution in [0.15, 0.2) is 48.2 Å². The fourth-order valence-corrected chi connectivity index (χ4v) is 3.26. The molecule has 1 aromatic heterocycles. The van der Waals surface area contributed by atoms with Crippen molar-refractivity contribution in [2.45, 2.75) is 32.1 Å². The molecule has 0 spiro atoms. The number of nitrogens with zero attached hydrogens (tertiary/aromatic N) is 1. The molecule has 1 aromatic carbocycles. The van der Waals surface area contributed by atoms with E-state index in [1.807, 2.05) is 18.2 Å². The molecule has 1 aliphatic rings. The number of hydrogen-bond donors (Lipinski definition) is 2. The van der Waals surface area contributed by atoms with E-state index in [1.54, 1.807) is 32.5 Å². The Morgan fingerprint density at radius 2 is 2.04 bits per heavy atom. The van der Waals surface area contributed by atoms with Gasteiger partial charge in [-0.2, -0.15) is 0 Å². The van der Waals surface area contributed by atoms with Crippen LogP contribution in [0.1, 0.15) is 42.5 Å². The van der Waals surface area contributed by atoms with Gasteiger partial charge in [-0.1, -0.05) is 11.6 Å². The van der Waals surface area contributed by atoms with Crippen molar-refractivity contribution in [1.29, 1.82) is 0 Å². The maximum absolute atomic E-state index is 12.5. The van der Waals surface area contributed by atoms with E-state index in [-0.39, 0.29) is 5.91 Å². The largest absolute Gasteiger partial charge is 0.497 e. The minimum absolute atomic E-state index is 0.0977. The van der Waals surface area contributed by atoms with E-state index in [2.05, 4.69) is 21.7 Å². The highest BCUT2D eigenvalue weighted by molar-refractivity contribution is 5.95. The van der Waals surface area contributed by atoms with Gasteiger partial charge in [0, 0.05) is 24.4 Å². The van der Waals surface area contributed by atoms with Gasteiger partial charge in [0.05, 0.1) is 19.9 Å². The monoisotopic (exact) mass is 381 g/mol. The van der Waals surface area contributed by atoms with Crippen molar-refractivity contribution in [2.75, 3.05) is 26.1 Å². The molecule has 2 N–H and O–H groups in total. The Morgan fingerprint density at radius 3 is 2.79 bits per heavy atom. The number of anilines is 2. The van der Waals surface area contributed by atoms with Gasteiger partial charge in [0.1, 0.15) is 17.3 Å². The fraction of sp³-hybridized carbons (Fsp3) is 0.364. The standard InChI is InChI=1S/C22H27N3O3/c1-27-18-8-9-20(28-2)19(15-18)25-21-14-17(11-13-23-21)22(26)24-12-10-16-6-4-3-5-7-16/h6,8-9,11,13-15H,3-5,7,10,12H2,1-2H3,(H,23,25)(H,24,26). The molecule has 3 rings (SSSR count). The van der Waals surface area contributed by atoms with Gasteiger partial charge in [-0.15, -0.1) is 0 Å². The van der Waals surface area contributed by atoms with Crippen molar-refractivity contribution < 1.29 is 14.3 Å². The number of amides is 1. The second-order valence-corrected chi connectivity index (χ2v) is 6.74. The average molecular weight is 381 g/mol. The third-order valence-electron chi connectivity index (χ3n) is 4.81. The first-order valence-corrected chi connectivity index (χ1v) is 9.61. The Kier molecular flexibility index (Phi) is 6.89. The van der Waals surface area contributed by atoms with E-state index in [1.165, 1.54) is 18.4 Å². The Balaban J connectivity index is 1.63. The van der Waals surface area contributed by atoms with Crippen molar-refractivity contribution in [1.82, 2.24) is 10.3 Å². The maximum atomic E-state index is 12.5. The summed E-state index contributed by atoms with van der Waals surface area (Å²) in [5.41, 5.74) is 2.74. The molecule has 6 nitrogen and oxygen atoms in total. The summed E-state index contributed by atoms with van der Waals surface area (Å²) in [5, 5.41) is 6.19. The van der Waals surface area contributed by atoms with Crippen LogP contribution in [-0.2, 0) is 0 Å². The minimum Gasteiger partial charge on any atom is -0.497 e. The number of hydrogen-bond acceptors (Lipinski definition) is 5. The van der Waals surface area contributed by atoms with Crippen molar-refractivity contribution in [3.05, 3.63) is 53.7 Å². The molecule has 1 aliphatic carbocycles. The Morgan fingerprint density at radius 1 is 1.14 bits per heavy atom.